The van der Waals surface area contributed by atoms with Crippen LogP contribution in [-0.2, 0) is 5.75 Å². The summed E-state index contributed by atoms with van der Waals surface area (Å²) in [4.78, 5) is 12.2. The molecule has 0 amide bonds. The Hall–Kier alpha value is -1.76. The Kier molecular flexibility index (Phi) is 2.95. The highest BCUT2D eigenvalue weighted by atomic mass is 32.2. The summed E-state index contributed by atoms with van der Waals surface area (Å²) in [7, 11) is 0. The van der Waals surface area contributed by atoms with E-state index in [1.54, 1.807) is 0 Å². The summed E-state index contributed by atoms with van der Waals surface area (Å²) in [5.41, 5.74) is 12.0. The van der Waals surface area contributed by atoms with Gasteiger partial charge in [0.2, 0.25) is 0 Å². The third-order valence-electron chi connectivity index (χ3n) is 1.93. The van der Waals surface area contributed by atoms with Gasteiger partial charge in [0.05, 0.1) is 5.69 Å². The van der Waals surface area contributed by atoms with E-state index in [4.69, 9.17) is 15.9 Å². The number of oxazole rings is 1. The van der Waals surface area contributed by atoms with Crippen LogP contribution >= 0.6 is 11.8 Å². The van der Waals surface area contributed by atoms with Gasteiger partial charge in [0.1, 0.15) is 17.4 Å². The Bertz CT molecular complexity index is 478. The molecule has 0 aliphatic rings. The Morgan fingerprint density at radius 2 is 2.00 bits per heavy atom. The first kappa shape index (κ1) is 10.7. The van der Waals surface area contributed by atoms with Crippen LogP contribution in [0.3, 0.4) is 0 Å². The van der Waals surface area contributed by atoms with Crippen molar-refractivity contribution in [1.82, 2.24) is 15.0 Å². The lowest BCUT2D eigenvalue weighted by Gasteiger charge is -2.01. The fourth-order valence-corrected chi connectivity index (χ4v) is 2.01. The molecular weight excluding hydrogens is 226 g/mol. The van der Waals surface area contributed by atoms with Crippen molar-refractivity contribution >= 4 is 23.4 Å². The highest BCUT2D eigenvalue weighted by molar-refractivity contribution is 7.98. The highest BCUT2D eigenvalue weighted by Gasteiger charge is 2.06. The molecule has 84 valence electrons. The van der Waals surface area contributed by atoms with Crippen LogP contribution in [0.4, 0.5) is 11.6 Å². The van der Waals surface area contributed by atoms with Crippen LogP contribution in [0.25, 0.3) is 0 Å². The lowest BCUT2D eigenvalue weighted by Crippen LogP contribution is -1.99. The molecule has 0 aliphatic heterocycles. The van der Waals surface area contributed by atoms with E-state index in [9.17, 15) is 0 Å². The van der Waals surface area contributed by atoms with Crippen LogP contribution in [-0.4, -0.2) is 15.0 Å². The second-order valence-electron chi connectivity index (χ2n) is 3.14. The zero-order chi connectivity index (χ0) is 11.5. The van der Waals surface area contributed by atoms with Gasteiger partial charge in [0, 0.05) is 11.8 Å². The molecule has 0 atom stereocenters. The van der Waals surface area contributed by atoms with Crippen LogP contribution in [0, 0.1) is 6.92 Å². The van der Waals surface area contributed by atoms with Gasteiger partial charge in [-0.25, -0.2) is 15.0 Å². The van der Waals surface area contributed by atoms with Crippen molar-refractivity contribution in [2.24, 2.45) is 0 Å². The Morgan fingerprint density at radius 3 is 2.56 bits per heavy atom. The highest BCUT2D eigenvalue weighted by Crippen LogP contribution is 2.21. The van der Waals surface area contributed by atoms with Crippen molar-refractivity contribution in [3.63, 3.8) is 0 Å². The van der Waals surface area contributed by atoms with Crippen molar-refractivity contribution < 1.29 is 4.42 Å². The number of nitrogens with two attached hydrogens (primary N) is 2. The molecule has 2 heterocycles. The molecule has 7 heteroatoms. The minimum absolute atomic E-state index is 0.367. The number of nitrogens with zero attached hydrogens (tertiary/aromatic N) is 3. The third-order valence-corrected chi connectivity index (χ3v) is 2.79. The number of hydrogen-bond donors (Lipinski definition) is 2. The standard InChI is InChI=1S/C9H11N5OS/c1-5-6(12-4-15-5)3-16-9-13-7(10)2-8(11)14-9/h2,4H,3H2,1H3,(H4,10,11,13,14). The second-order valence-corrected chi connectivity index (χ2v) is 4.09. The normalized spacial score (nSPS) is 10.6. The van der Waals surface area contributed by atoms with Gasteiger partial charge in [-0.1, -0.05) is 11.8 Å². The van der Waals surface area contributed by atoms with E-state index in [1.165, 1.54) is 24.2 Å². The molecule has 0 saturated carbocycles. The second kappa shape index (κ2) is 4.40. The van der Waals surface area contributed by atoms with Crippen molar-refractivity contribution in [3.8, 4) is 0 Å². The third kappa shape index (κ3) is 2.43. The zero-order valence-corrected chi connectivity index (χ0v) is 9.49. The van der Waals surface area contributed by atoms with E-state index < -0.39 is 0 Å². The first-order chi connectivity index (χ1) is 7.65. The van der Waals surface area contributed by atoms with Gasteiger partial charge in [0.25, 0.3) is 0 Å². The maximum atomic E-state index is 5.56. The number of aromatic nitrogens is 3. The average Bonchev–Trinajstić information content (AvgIpc) is 2.59. The minimum atomic E-state index is 0.367. The molecule has 6 nitrogen and oxygen atoms in total. The molecule has 0 aliphatic carbocycles. The summed E-state index contributed by atoms with van der Waals surface area (Å²) in [6.07, 6.45) is 1.42. The Balaban J connectivity index is 2.07. The summed E-state index contributed by atoms with van der Waals surface area (Å²) in [5, 5.41) is 0.542. The summed E-state index contributed by atoms with van der Waals surface area (Å²) in [5.74, 6) is 2.16. The zero-order valence-electron chi connectivity index (χ0n) is 8.67. The van der Waals surface area contributed by atoms with Crippen LogP contribution in [0.1, 0.15) is 11.5 Å². The maximum absolute atomic E-state index is 5.56. The van der Waals surface area contributed by atoms with Crippen molar-refractivity contribution in [2.75, 3.05) is 11.5 Å². The molecule has 2 rings (SSSR count). The number of rotatable bonds is 3. The number of aryl methyl sites for hydroxylation is 1. The molecule has 0 radical (unpaired) electrons. The smallest absolute Gasteiger partial charge is 0.191 e. The molecule has 4 N–H and O–H groups in total. The van der Waals surface area contributed by atoms with Gasteiger partial charge in [-0.3, -0.25) is 0 Å². The van der Waals surface area contributed by atoms with Gasteiger partial charge < -0.3 is 15.9 Å². The fraction of sp³-hybridized carbons (Fsp3) is 0.222. The van der Waals surface area contributed by atoms with Crippen LogP contribution in [0.5, 0.6) is 0 Å². The lowest BCUT2D eigenvalue weighted by molar-refractivity contribution is 0.525. The molecule has 0 bridgehead atoms. The molecular formula is C9H11N5OS. The topological polar surface area (TPSA) is 104 Å². The fourth-order valence-electron chi connectivity index (χ4n) is 1.13. The van der Waals surface area contributed by atoms with E-state index in [0.29, 0.717) is 22.5 Å². The summed E-state index contributed by atoms with van der Waals surface area (Å²) in [6, 6.07) is 1.52. The van der Waals surface area contributed by atoms with Crippen LogP contribution in [0.2, 0.25) is 0 Å². The summed E-state index contributed by atoms with van der Waals surface area (Å²) < 4.78 is 5.09. The first-order valence-corrected chi connectivity index (χ1v) is 5.55. The van der Waals surface area contributed by atoms with E-state index in [2.05, 4.69) is 15.0 Å². The minimum Gasteiger partial charge on any atom is -0.448 e. The molecule has 2 aromatic heterocycles. The van der Waals surface area contributed by atoms with E-state index in [0.717, 1.165) is 11.5 Å². The number of anilines is 2. The van der Waals surface area contributed by atoms with Gasteiger partial charge in [-0.2, -0.15) is 0 Å². The number of nitrogen functional groups attached to an aromatic ring is 2. The Morgan fingerprint density at radius 1 is 1.31 bits per heavy atom. The van der Waals surface area contributed by atoms with Crippen molar-refractivity contribution in [1.29, 1.82) is 0 Å². The molecule has 0 fully saturated rings. The SMILES string of the molecule is Cc1ocnc1CSc1nc(N)cc(N)n1. The number of thioether (sulfide) groups is 1. The average molecular weight is 237 g/mol. The number of hydrogen-bond acceptors (Lipinski definition) is 7. The summed E-state index contributed by atoms with van der Waals surface area (Å²) >= 11 is 1.42. The molecule has 0 unspecified atom stereocenters. The van der Waals surface area contributed by atoms with Gasteiger partial charge in [0.15, 0.2) is 11.6 Å². The quantitative estimate of drug-likeness (QED) is 0.611. The molecule has 0 aromatic carbocycles. The maximum Gasteiger partial charge on any atom is 0.191 e. The van der Waals surface area contributed by atoms with Crippen LogP contribution < -0.4 is 11.5 Å². The largest absolute Gasteiger partial charge is 0.448 e. The van der Waals surface area contributed by atoms with E-state index in [1.807, 2.05) is 6.92 Å². The van der Waals surface area contributed by atoms with Gasteiger partial charge in [-0.05, 0) is 6.92 Å². The van der Waals surface area contributed by atoms with Crippen molar-refractivity contribution in [2.45, 2.75) is 17.8 Å². The monoisotopic (exact) mass is 237 g/mol. The van der Waals surface area contributed by atoms with E-state index in [-0.39, 0.29) is 0 Å². The lowest BCUT2D eigenvalue weighted by atomic mass is 10.4. The van der Waals surface area contributed by atoms with E-state index >= 15 is 0 Å². The molecule has 0 spiro atoms. The molecule has 2 aromatic rings. The summed E-state index contributed by atoms with van der Waals surface area (Å²) in [6.45, 7) is 1.86. The first-order valence-electron chi connectivity index (χ1n) is 4.57. The predicted molar refractivity (Wildman–Crippen MR) is 61.7 cm³/mol. The molecule has 0 saturated heterocycles. The predicted octanol–water partition coefficient (Wildman–Crippen LogP) is 1.23. The Labute approximate surface area is 96.5 Å². The van der Waals surface area contributed by atoms with Crippen molar-refractivity contribution in [3.05, 3.63) is 23.9 Å². The molecule has 16 heavy (non-hydrogen) atoms. The van der Waals surface area contributed by atoms with Crippen LogP contribution in [0.15, 0.2) is 22.0 Å². The van der Waals surface area contributed by atoms with Gasteiger partial charge >= 0.3 is 0 Å². The van der Waals surface area contributed by atoms with Gasteiger partial charge in [-0.15, -0.1) is 0 Å².